The predicted molar refractivity (Wildman–Crippen MR) is 138 cm³/mol. The van der Waals surface area contributed by atoms with Crippen molar-refractivity contribution < 1.29 is 49.9 Å². The molecule has 18 heteroatoms. The number of halogens is 3. The summed E-state index contributed by atoms with van der Waals surface area (Å²) >= 11 is 0. The average molecular weight is 618 g/mol. The van der Waals surface area contributed by atoms with E-state index in [0.29, 0.717) is 5.56 Å². The fraction of sp³-hybridized carbons (Fsp3) is 0.333. The highest BCUT2D eigenvalue weighted by Gasteiger charge is 2.45. The van der Waals surface area contributed by atoms with Crippen molar-refractivity contribution in [2.45, 2.75) is 36.6 Å². The van der Waals surface area contributed by atoms with E-state index in [1.54, 1.807) is 12.2 Å². The van der Waals surface area contributed by atoms with Gasteiger partial charge in [0.15, 0.2) is 6.10 Å². The van der Waals surface area contributed by atoms with E-state index in [1.807, 2.05) is 5.32 Å². The molecule has 2 atom stereocenters. The maximum Gasteiger partial charge on any atom is 0.452 e. The number of nitrogens with one attached hydrogen (secondary N) is 3. The number of ketones is 1. The first-order chi connectivity index (χ1) is 19.5. The van der Waals surface area contributed by atoms with Gasteiger partial charge in [0, 0.05) is 25.1 Å². The molecule has 14 nitrogen and oxygen atoms in total. The molecule has 0 spiro atoms. The smallest absolute Gasteiger partial charge is 0.352 e. The molecule has 0 aromatic heterocycles. The summed E-state index contributed by atoms with van der Waals surface area (Å²) < 4.78 is 70.7. The van der Waals surface area contributed by atoms with Gasteiger partial charge in [-0.05, 0) is 24.6 Å². The second-order valence-corrected chi connectivity index (χ2v) is 10.3. The Kier molecular flexibility index (Phi) is 11.6. The number of carbonyl (C=O) groups excluding carboxylic acids is 4. The number of rotatable bonds is 14. The van der Waals surface area contributed by atoms with Crippen LogP contribution in [0.3, 0.4) is 0 Å². The van der Waals surface area contributed by atoms with Gasteiger partial charge in [-0.3, -0.25) is 33.5 Å². The van der Waals surface area contributed by atoms with Gasteiger partial charge in [0.25, 0.3) is 27.5 Å². The number of nitro groups is 1. The summed E-state index contributed by atoms with van der Waals surface area (Å²) in [6.45, 7) is -0.617. The number of carbonyl (C=O) groups is 4. The Balaban J connectivity index is 2.37. The molecule has 0 aliphatic heterocycles. The molecule has 2 rings (SSSR count). The van der Waals surface area contributed by atoms with Gasteiger partial charge in [-0.2, -0.15) is 21.6 Å². The normalized spacial score (nSPS) is 13.0. The van der Waals surface area contributed by atoms with Gasteiger partial charge < -0.3 is 21.7 Å². The second kappa shape index (κ2) is 14.5. The quantitative estimate of drug-likeness (QED) is 0.127. The van der Waals surface area contributed by atoms with Crippen molar-refractivity contribution in [3.05, 3.63) is 69.8 Å². The van der Waals surface area contributed by atoms with E-state index in [2.05, 4.69) is 5.32 Å². The number of hydrogen-bond donors (Lipinski definition) is 4. The summed E-state index contributed by atoms with van der Waals surface area (Å²) in [7, 11) is -4.72. The Morgan fingerprint density at radius 3 is 2.26 bits per heavy atom. The molecule has 0 radical (unpaired) electrons. The lowest BCUT2D eigenvalue weighted by Crippen LogP contribution is -2.56. The van der Waals surface area contributed by atoms with Crippen LogP contribution < -0.4 is 21.7 Å². The molecule has 0 heterocycles. The molecule has 0 saturated heterocycles. The van der Waals surface area contributed by atoms with E-state index in [4.69, 9.17) is 9.92 Å². The standard InChI is InChI=1S/C24H26F3N5O9S/c1-14-5-7-17(8-6-14)42(39,40)41-19(10-15-3-2-4-16(9-15)32(37)38)23(36)31-18(22(35)24(25,26)27)12-29-21(34)13-30-20(33)11-28/h2-9,18-19H,10-13,28H2,1H3,(H,29,34)(H,30,33)(H,31,36). The number of hydrogen-bond acceptors (Lipinski definition) is 10. The SMILES string of the molecule is Cc1ccc(S(=O)(=O)OC(Cc2cccc([N+](=O)[O-])c2)C(=O)NC(CNC(=O)CNC(=O)CN)C(=O)C(F)(F)F)cc1. The number of Topliss-reactive ketones (excluding diaryl/α,β-unsaturated/α-hetero) is 1. The number of non-ortho nitro benzene ring substituents is 1. The Labute approximate surface area is 237 Å². The predicted octanol–water partition coefficient (Wildman–Crippen LogP) is 0.0271. The Bertz CT molecular complexity index is 1430. The fourth-order valence-electron chi connectivity index (χ4n) is 3.30. The average Bonchev–Trinajstić information content (AvgIpc) is 2.92. The zero-order valence-corrected chi connectivity index (χ0v) is 22.7. The first-order valence-corrected chi connectivity index (χ1v) is 13.3. The molecule has 0 saturated carbocycles. The molecular weight excluding hydrogens is 591 g/mol. The van der Waals surface area contributed by atoms with Crippen LogP contribution in [0.2, 0.25) is 0 Å². The molecule has 228 valence electrons. The molecule has 5 N–H and O–H groups in total. The highest BCUT2D eigenvalue weighted by molar-refractivity contribution is 7.86. The Hall–Kier alpha value is -4.42. The van der Waals surface area contributed by atoms with Crippen LogP contribution in [0.25, 0.3) is 0 Å². The summed E-state index contributed by atoms with van der Waals surface area (Å²) in [6.07, 6.45) is -8.27. The van der Waals surface area contributed by atoms with Crippen molar-refractivity contribution in [2.75, 3.05) is 19.6 Å². The number of alkyl halides is 3. The number of nitrogens with two attached hydrogens (primary N) is 1. The maximum atomic E-state index is 13.3. The van der Waals surface area contributed by atoms with Crippen molar-refractivity contribution in [1.29, 1.82) is 0 Å². The van der Waals surface area contributed by atoms with Crippen molar-refractivity contribution in [3.63, 3.8) is 0 Å². The minimum atomic E-state index is -5.49. The van der Waals surface area contributed by atoms with E-state index < -0.39 is 93.5 Å². The van der Waals surface area contributed by atoms with Crippen LogP contribution in [-0.2, 0) is 39.9 Å². The largest absolute Gasteiger partial charge is 0.452 e. The summed E-state index contributed by atoms with van der Waals surface area (Å²) in [6, 6.07) is 7.32. The van der Waals surface area contributed by atoms with Gasteiger partial charge in [-0.15, -0.1) is 0 Å². The lowest BCUT2D eigenvalue weighted by Gasteiger charge is -2.23. The summed E-state index contributed by atoms with van der Waals surface area (Å²) in [5, 5.41) is 16.9. The number of nitrogens with zero attached hydrogens (tertiary/aromatic N) is 1. The van der Waals surface area contributed by atoms with E-state index in [-0.39, 0.29) is 5.56 Å². The minimum absolute atomic E-state index is 0.00565. The van der Waals surface area contributed by atoms with Gasteiger partial charge >= 0.3 is 6.18 Å². The van der Waals surface area contributed by atoms with Crippen molar-refractivity contribution >= 4 is 39.3 Å². The Morgan fingerprint density at radius 2 is 1.69 bits per heavy atom. The molecule has 3 amide bonds. The first-order valence-electron chi connectivity index (χ1n) is 11.9. The molecule has 0 fully saturated rings. The van der Waals surface area contributed by atoms with Crippen molar-refractivity contribution in [2.24, 2.45) is 5.73 Å². The van der Waals surface area contributed by atoms with Crippen LogP contribution in [0.4, 0.5) is 18.9 Å². The van der Waals surface area contributed by atoms with Gasteiger partial charge in [0.2, 0.25) is 11.8 Å². The number of amides is 3. The van der Waals surface area contributed by atoms with E-state index in [9.17, 15) is 50.9 Å². The lowest BCUT2D eigenvalue weighted by atomic mass is 10.1. The van der Waals surface area contributed by atoms with Gasteiger partial charge in [-0.25, -0.2) is 0 Å². The third-order valence-electron chi connectivity index (χ3n) is 5.43. The van der Waals surface area contributed by atoms with Gasteiger partial charge in [-0.1, -0.05) is 29.8 Å². The number of benzene rings is 2. The van der Waals surface area contributed by atoms with Crippen molar-refractivity contribution in [3.8, 4) is 0 Å². The summed E-state index contributed by atoms with van der Waals surface area (Å²) in [5.74, 6) is -5.78. The monoisotopic (exact) mass is 617 g/mol. The van der Waals surface area contributed by atoms with Crippen LogP contribution in [0.15, 0.2) is 53.4 Å². The second-order valence-electron chi connectivity index (χ2n) is 8.69. The third kappa shape index (κ3) is 10.2. The minimum Gasteiger partial charge on any atom is -0.352 e. The lowest BCUT2D eigenvalue weighted by molar-refractivity contribution is -0.384. The van der Waals surface area contributed by atoms with Crippen molar-refractivity contribution in [1.82, 2.24) is 16.0 Å². The van der Waals surface area contributed by atoms with Crippen LogP contribution in [-0.4, -0.2) is 74.8 Å². The van der Waals surface area contributed by atoms with Gasteiger partial charge in [0.05, 0.1) is 22.9 Å². The highest BCUT2D eigenvalue weighted by atomic mass is 32.2. The van der Waals surface area contributed by atoms with Crippen LogP contribution in [0.5, 0.6) is 0 Å². The molecule has 2 unspecified atom stereocenters. The molecule has 42 heavy (non-hydrogen) atoms. The maximum absolute atomic E-state index is 13.3. The van der Waals surface area contributed by atoms with E-state index in [0.717, 1.165) is 24.3 Å². The molecule has 2 aromatic carbocycles. The third-order valence-corrected chi connectivity index (χ3v) is 6.77. The zero-order valence-electron chi connectivity index (χ0n) is 21.8. The first kappa shape index (κ1) is 33.8. The number of aryl methyl sites for hydroxylation is 1. The number of nitro benzene ring substituents is 1. The molecular formula is C24H26F3N5O9S. The fourth-order valence-corrected chi connectivity index (χ4v) is 4.34. The summed E-state index contributed by atoms with van der Waals surface area (Å²) in [4.78, 5) is 58.3. The highest BCUT2D eigenvalue weighted by Crippen LogP contribution is 2.21. The van der Waals surface area contributed by atoms with Crippen LogP contribution in [0, 0.1) is 17.0 Å². The topological polar surface area (TPSA) is 217 Å². The zero-order chi connectivity index (χ0) is 31.7. The molecule has 0 aliphatic carbocycles. The van der Waals surface area contributed by atoms with E-state index >= 15 is 0 Å². The van der Waals surface area contributed by atoms with Crippen LogP contribution in [0.1, 0.15) is 11.1 Å². The molecule has 2 aromatic rings. The Morgan fingerprint density at radius 1 is 1.05 bits per heavy atom. The van der Waals surface area contributed by atoms with E-state index in [1.165, 1.54) is 24.3 Å². The molecule has 0 bridgehead atoms. The summed E-state index contributed by atoms with van der Waals surface area (Å²) in [5.41, 5.74) is 5.32. The van der Waals surface area contributed by atoms with Crippen LogP contribution >= 0.6 is 0 Å². The molecule has 0 aliphatic rings. The van der Waals surface area contributed by atoms with Gasteiger partial charge in [0.1, 0.15) is 6.04 Å².